The van der Waals surface area contributed by atoms with Crippen molar-refractivity contribution in [2.45, 2.75) is 123 Å². The van der Waals surface area contributed by atoms with E-state index in [0.29, 0.717) is 5.92 Å². The first-order chi connectivity index (χ1) is 14.1. The van der Waals surface area contributed by atoms with Gasteiger partial charge in [-0.05, 0) is 73.2 Å². The minimum atomic E-state index is -0.446. The third-order valence-electron chi connectivity index (χ3n) is 10.6. The van der Waals surface area contributed by atoms with E-state index < -0.39 is 6.10 Å². The Balaban J connectivity index is 1.44. The van der Waals surface area contributed by atoms with Crippen molar-refractivity contribution in [2.24, 2.45) is 34.5 Å². The number of hydrogen-bond donors (Lipinski definition) is 2. The van der Waals surface area contributed by atoms with Crippen molar-refractivity contribution >= 4 is 0 Å². The number of hydrogen-bond acceptors (Lipinski definition) is 3. The van der Waals surface area contributed by atoms with Gasteiger partial charge in [0, 0.05) is 11.8 Å². The highest BCUT2D eigenvalue weighted by Gasteiger charge is 2.77. The van der Waals surface area contributed by atoms with Crippen molar-refractivity contribution in [3.8, 4) is 0 Å². The lowest BCUT2D eigenvalue weighted by atomic mass is 9.48. The summed E-state index contributed by atoms with van der Waals surface area (Å²) in [6.07, 6.45) is 10.8. The Kier molecular flexibility index (Phi) is 5.05. The van der Waals surface area contributed by atoms with Crippen LogP contribution in [0.4, 0.5) is 0 Å². The van der Waals surface area contributed by atoms with Gasteiger partial charge in [0.15, 0.2) is 0 Å². The summed E-state index contributed by atoms with van der Waals surface area (Å²) in [6.45, 7) is 12.1. The molecule has 1 saturated heterocycles. The van der Waals surface area contributed by atoms with Gasteiger partial charge >= 0.3 is 0 Å². The maximum Gasteiger partial charge on any atom is 0.118 e. The van der Waals surface area contributed by atoms with Crippen LogP contribution in [-0.2, 0) is 4.74 Å². The molecule has 4 fully saturated rings. The van der Waals surface area contributed by atoms with E-state index in [2.05, 4.69) is 34.6 Å². The molecular formula is C27H44O3. The molecule has 170 valence electrons. The summed E-state index contributed by atoms with van der Waals surface area (Å²) in [6, 6.07) is 0. The Morgan fingerprint density at radius 1 is 1.03 bits per heavy atom. The van der Waals surface area contributed by atoms with Crippen LogP contribution in [0.5, 0.6) is 0 Å². The minimum Gasteiger partial charge on any atom is -0.393 e. The van der Waals surface area contributed by atoms with E-state index in [1.807, 2.05) is 0 Å². The third kappa shape index (κ3) is 2.80. The molecule has 5 rings (SSSR count). The van der Waals surface area contributed by atoms with Crippen LogP contribution in [0.2, 0.25) is 0 Å². The number of epoxide rings is 1. The fraction of sp³-hybridized carbons (Fsp3) is 0.926. The van der Waals surface area contributed by atoms with Crippen LogP contribution in [0.1, 0.15) is 98.8 Å². The van der Waals surface area contributed by atoms with Crippen LogP contribution in [0.3, 0.4) is 0 Å². The molecule has 0 aromatic heterocycles. The standard InChI is InChI=1S/C27H44O3/c1-16(2)7-6-8-17(3)19-9-10-20-22-21(12-13-25(19,20)4)26(5)14-11-18(28)15-27(26)24(30-27)23(22)29/h16-19,21,23-24,28-29H,6-15H2,1-5H3/t17-,18+,19-,21+,23-,24+,25-,26-,27?/m1/s1. The van der Waals surface area contributed by atoms with E-state index in [0.717, 1.165) is 37.0 Å². The van der Waals surface area contributed by atoms with Gasteiger partial charge in [-0.15, -0.1) is 0 Å². The van der Waals surface area contributed by atoms with Crippen molar-refractivity contribution in [1.82, 2.24) is 0 Å². The molecule has 5 aliphatic rings. The maximum atomic E-state index is 11.5. The topological polar surface area (TPSA) is 53.0 Å². The Bertz CT molecular complexity index is 728. The number of allylic oxidation sites excluding steroid dienone is 1. The zero-order chi connectivity index (χ0) is 21.5. The molecule has 0 bridgehead atoms. The zero-order valence-corrected chi connectivity index (χ0v) is 19.9. The van der Waals surface area contributed by atoms with Crippen LogP contribution >= 0.6 is 0 Å². The molecule has 1 aliphatic heterocycles. The first-order valence-corrected chi connectivity index (χ1v) is 12.9. The fourth-order valence-corrected chi connectivity index (χ4v) is 8.89. The Labute approximate surface area is 183 Å². The van der Waals surface area contributed by atoms with Crippen molar-refractivity contribution in [3.05, 3.63) is 11.1 Å². The number of ether oxygens (including phenoxy) is 1. The Morgan fingerprint density at radius 3 is 2.53 bits per heavy atom. The van der Waals surface area contributed by atoms with Gasteiger partial charge < -0.3 is 14.9 Å². The van der Waals surface area contributed by atoms with E-state index in [-0.39, 0.29) is 28.6 Å². The van der Waals surface area contributed by atoms with Gasteiger partial charge in [-0.25, -0.2) is 0 Å². The van der Waals surface area contributed by atoms with Gasteiger partial charge in [-0.3, -0.25) is 0 Å². The van der Waals surface area contributed by atoms with Crippen LogP contribution < -0.4 is 0 Å². The van der Waals surface area contributed by atoms with Gasteiger partial charge in [-0.2, -0.15) is 0 Å². The molecule has 0 aromatic carbocycles. The van der Waals surface area contributed by atoms with E-state index >= 15 is 0 Å². The number of aliphatic hydroxyl groups excluding tert-OH is 2. The van der Waals surface area contributed by atoms with Crippen molar-refractivity contribution in [1.29, 1.82) is 0 Å². The summed E-state index contributed by atoms with van der Waals surface area (Å²) < 4.78 is 6.33. The number of aliphatic hydroxyl groups is 2. The van der Waals surface area contributed by atoms with E-state index in [9.17, 15) is 10.2 Å². The lowest BCUT2D eigenvalue weighted by Crippen LogP contribution is -2.57. The van der Waals surface area contributed by atoms with Gasteiger partial charge in [0.25, 0.3) is 0 Å². The van der Waals surface area contributed by atoms with Gasteiger partial charge in [0.1, 0.15) is 17.8 Å². The number of rotatable bonds is 5. The highest BCUT2D eigenvalue weighted by atomic mass is 16.6. The van der Waals surface area contributed by atoms with Crippen molar-refractivity contribution < 1.29 is 14.9 Å². The molecule has 4 aliphatic carbocycles. The highest BCUT2D eigenvalue weighted by Crippen LogP contribution is 2.72. The summed E-state index contributed by atoms with van der Waals surface area (Å²) in [5.74, 6) is 2.76. The molecule has 1 heterocycles. The molecule has 0 radical (unpaired) electrons. The molecular weight excluding hydrogens is 372 g/mol. The van der Waals surface area contributed by atoms with Crippen LogP contribution in [-0.4, -0.2) is 34.1 Å². The first-order valence-electron chi connectivity index (χ1n) is 12.9. The summed E-state index contributed by atoms with van der Waals surface area (Å²) >= 11 is 0. The van der Waals surface area contributed by atoms with E-state index in [1.165, 1.54) is 50.5 Å². The SMILES string of the molecule is CC(C)CCC[C@@H](C)[C@H]1CCC2=C3[C@@H](O)[C@@H]4OC45C[C@@H](O)CC[C@]5(C)[C@H]3CC[C@@]21C. The molecule has 9 atom stereocenters. The predicted octanol–water partition coefficient (Wildman–Crippen LogP) is 5.63. The Morgan fingerprint density at radius 2 is 1.80 bits per heavy atom. The largest absolute Gasteiger partial charge is 0.393 e. The summed E-state index contributed by atoms with van der Waals surface area (Å²) in [7, 11) is 0. The molecule has 2 N–H and O–H groups in total. The van der Waals surface area contributed by atoms with Crippen LogP contribution in [0.25, 0.3) is 0 Å². The predicted molar refractivity (Wildman–Crippen MR) is 120 cm³/mol. The van der Waals surface area contributed by atoms with Gasteiger partial charge in [-0.1, -0.05) is 59.5 Å². The van der Waals surface area contributed by atoms with Gasteiger partial charge in [0.2, 0.25) is 0 Å². The first kappa shape index (κ1) is 21.5. The monoisotopic (exact) mass is 416 g/mol. The molecule has 1 unspecified atom stereocenters. The van der Waals surface area contributed by atoms with Crippen LogP contribution in [0, 0.1) is 34.5 Å². The molecule has 0 amide bonds. The maximum absolute atomic E-state index is 11.5. The van der Waals surface area contributed by atoms with Crippen molar-refractivity contribution in [2.75, 3.05) is 0 Å². The summed E-state index contributed by atoms with van der Waals surface area (Å²) in [5.41, 5.74) is 3.08. The van der Waals surface area contributed by atoms with Gasteiger partial charge in [0.05, 0.1) is 6.10 Å². The average Bonchev–Trinajstić information content (AvgIpc) is 3.29. The quantitative estimate of drug-likeness (QED) is 0.451. The smallest absolute Gasteiger partial charge is 0.118 e. The molecule has 3 saturated carbocycles. The fourth-order valence-electron chi connectivity index (χ4n) is 8.89. The van der Waals surface area contributed by atoms with E-state index in [1.54, 1.807) is 5.57 Å². The number of fused-ring (bicyclic) bond motifs is 3. The molecule has 3 nitrogen and oxygen atoms in total. The Hall–Kier alpha value is -0.380. The van der Waals surface area contributed by atoms with E-state index in [4.69, 9.17) is 4.74 Å². The zero-order valence-electron chi connectivity index (χ0n) is 19.9. The lowest BCUT2D eigenvalue weighted by molar-refractivity contribution is -0.0516. The third-order valence-corrected chi connectivity index (χ3v) is 10.6. The average molecular weight is 417 g/mol. The molecule has 3 heteroatoms. The second-order valence-corrected chi connectivity index (χ2v) is 12.6. The molecule has 1 spiro atoms. The molecule has 30 heavy (non-hydrogen) atoms. The second kappa shape index (κ2) is 7.06. The minimum absolute atomic E-state index is 0.0823. The normalized spacial score (nSPS) is 50.6. The van der Waals surface area contributed by atoms with Crippen LogP contribution in [0.15, 0.2) is 11.1 Å². The second-order valence-electron chi connectivity index (χ2n) is 12.6. The van der Waals surface area contributed by atoms with Crippen molar-refractivity contribution in [3.63, 3.8) is 0 Å². The summed E-state index contributed by atoms with van der Waals surface area (Å²) in [5, 5.41) is 21.8. The highest BCUT2D eigenvalue weighted by molar-refractivity contribution is 5.43. The summed E-state index contributed by atoms with van der Waals surface area (Å²) in [4.78, 5) is 0. The lowest BCUT2D eigenvalue weighted by Gasteiger charge is -2.56. The molecule has 0 aromatic rings.